The van der Waals surface area contributed by atoms with E-state index in [9.17, 15) is 9.59 Å². The van der Waals surface area contributed by atoms with Crippen molar-refractivity contribution in [1.82, 2.24) is 10.2 Å². The molecular formula is C18H25BrClN3O2. The van der Waals surface area contributed by atoms with Gasteiger partial charge in [0.1, 0.15) is 0 Å². The Bertz CT molecular complexity index is 616. The van der Waals surface area contributed by atoms with Crippen LogP contribution in [0.4, 0.5) is 5.69 Å². The fraction of sp³-hybridized carbons (Fsp3) is 0.556. The van der Waals surface area contributed by atoms with E-state index in [0.29, 0.717) is 19.0 Å². The molecule has 1 aromatic rings. The molecule has 0 spiro atoms. The molecule has 2 saturated heterocycles. The van der Waals surface area contributed by atoms with Crippen molar-refractivity contribution in [2.24, 2.45) is 17.8 Å². The quantitative estimate of drug-likeness (QED) is 0.772. The summed E-state index contributed by atoms with van der Waals surface area (Å²) < 4.78 is 0.883. The molecule has 2 heterocycles. The van der Waals surface area contributed by atoms with E-state index in [1.807, 2.05) is 36.1 Å². The predicted molar refractivity (Wildman–Crippen MR) is 105 cm³/mol. The molecule has 2 aliphatic rings. The number of piperidine rings is 1. The number of anilines is 1. The van der Waals surface area contributed by atoms with Crippen molar-refractivity contribution in [2.45, 2.75) is 19.8 Å². The Hall–Kier alpha value is -1.11. The summed E-state index contributed by atoms with van der Waals surface area (Å²) in [6.45, 7) is 5.27. The van der Waals surface area contributed by atoms with Gasteiger partial charge in [-0.25, -0.2) is 0 Å². The van der Waals surface area contributed by atoms with Crippen molar-refractivity contribution in [3.05, 3.63) is 28.7 Å². The van der Waals surface area contributed by atoms with Crippen LogP contribution in [0.25, 0.3) is 0 Å². The molecule has 3 rings (SSSR count). The number of hydrogen-bond donors (Lipinski definition) is 2. The van der Waals surface area contributed by atoms with Crippen LogP contribution in [0, 0.1) is 17.8 Å². The maximum atomic E-state index is 12.5. The Morgan fingerprint density at radius 2 is 1.88 bits per heavy atom. The Kier molecular flexibility index (Phi) is 7.28. The van der Waals surface area contributed by atoms with Gasteiger partial charge in [0.25, 0.3) is 0 Å². The maximum absolute atomic E-state index is 12.5. The Morgan fingerprint density at radius 3 is 2.44 bits per heavy atom. The second kappa shape index (κ2) is 9.01. The minimum absolute atomic E-state index is 0. The molecule has 1 atom stereocenters. The molecule has 2 aliphatic heterocycles. The highest BCUT2D eigenvalue weighted by Gasteiger charge is 2.34. The van der Waals surface area contributed by atoms with E-state index in [0.717, 1.165) is 36.1 Å². The number of carbonyl (C=O) groups excluding carboxylic acids is 2. The van der Waals surface area contributed by atoms with Crippen LogP contribution in [0.2, 0.25) is 0 Å². The van der Waals surface area contributed by atoms with Crippen molar-refractivity contribution in [3.63, 3.8) is 0 Å². The van der Waals surface area contributed by atoms with Gasteiger partial charge in [0.15, 0.2) is 0 Å². The van der Waals surface area contributed by atoms with Gasteiger partial charge >= 0.3 is 0 Å². The van der Waals surface area contributed by atoms with E-state index in [1.54, 1.807) is 0 Å². The van der Waals surface area contributed by atoms with Crippen LogP contribution in [-0.2, 0) is 9.59 Å². The number of nitrogens with one attached hydrogen (secondary N) is 2. The average molecular weight is 431 g/mol. The molecule has 5 nitrogen and oxygen atoms in total. The summed E-state index contributed by atoms with van der Waals surface area (Å²) in [7, 11) is 0. The number of amides is 2. The molecule has 25 heavy (non-hydrogen) atoms. The molecule has 0 radical (unpaired) electrons. The van der Waals surface area contributed by atoms with Gasteiger partial charge in [0, 0.05) is 29.4 Å². The standard InChI is InChI=1S/C18H24BrN3O2.ClH/c1-12(14-10-20-11-14)18(24)22-8-6-13(7-9-22)17(23)21-16-5-3-2-4-15(16)19;/h2-5,12-14,20H,6-11H2,1H3,(H,21,23);1H. The lowest BCUT2D eigenvalue weighted by atomic mass is 9.87. The molecule has 0 bridgehead atoms. The predicted octanol–water partition coefficient (Wildman–Crippen LogP) is 2.90. The fourth-order valence-electron chi connectivity index (χ4n) is 3.31. The lowest BCUT2D eigenvalue weighted by Gasteiger charge is -2.37. The highest BCUT2D eigenvalue weighted by atomic mass is 79.9. The van der Waals surface area contributed by atoms with E-state index in [2.05, 4.69) is 26.6 Å². The molecule has 1 unspecified atom stereocenters. The summed E-state index contributed by atoms with van der Waals surface area (Å²) in [6.07, 6.45) is 1.47. The van der Waals surface area contributed by atoms with Crippen molar-refractivity contribution in [2.75, 3.05) is 31.5 Å². The number of hydrogen-bond acceptors (Lipinski definition) is 3. The lowest BCUT2D eigenvalue weighted by molar-refractivity contribution is -0.140. The minimum atomic E-state index is -0.0261. The average Bonchev–Trinajstić information content (AvgIpc) is 2.54. The highest BCUT2D eigenvalue weighted by molar-refractivity contribution is 9.10. The second-order valence-electron chi connectivity index (χ2n) is 6.78. The van der Waals surface area contributed by atoms with Gasteiger partial charge in [-0.15, -0.1) is 12.4 Å². The van der Waals surface area contributed by atoms with Crippen molar-refractivity contribution in [1.29, 1.82) is 0 Å². The van der Waals surface area contributed by atoms with Crippen LogP contribution in [0.15, 0.2) is 28.7 Å². The first-order chi connectivity index (χ1) is 11.6. The topological polar surface area (TPSA) is 61.4 Å². The van der Waals surface area contributed by atoms with Crippen molar-refractivity contribution in [3.8, 4) is 0 Å². The molecule has 0 saturated carbocycles. The van der Waals surface area contributed by atoms with Crippen LogP contribution in [0.5, 0.6) is 0 Å². The van der Waals surface area contributed by atoms with E-state index in [-0.39, 0.29) is 36.1 Å². The van der Waals surface area contributed by atoms with Crippen molar-refractivity contribution < 1.29 is 9.59 Å². The first-order valence-corrected chi connectivity index (χ1v) is 9.40. The Morgan fingerprint density at radius 1 is 1.24 bits per heavy atom. The van der Waals surface area contributed by atoms with Gasteiger partial charge in [-0.2, -0.15) is 0 Å². The van der Waals surface area contributed by atoms with Gasteiger partial charge in [0.2, 0.25) is 11.8 Å². The van der Waals surface area contributed by atoms with Gasteiger partial charge in [-0.3, -0.25) is 9.59 Å². The summed E-state index contributed by atoms with van der Waals surface area (Å²) in [5.41, 5.74) is 0.798. The number of rotatable bonds is 4. The van der Waals surface area contributed by atoms with Gasteiger partial charge < -0.3 is 15.5 Å². The molecule has 2 amide bonds. The number of nitrogens with zero attached hydrogens (tertiary/aromatic N) is 1. The Balaban J connectivity index is 0.00000225. The van der Waals surface area contributed by atoms with Crippen LogP contribution in [0.1, 0.15) is 19.8 Å². The molecular weight excluding hydrogens is 406 g/mol. The first-order valence-electron chi connectivity index (χ1n) is 8.61. The highest BCUT2D eigenvalue weighted by Crippen LogP contribution is 2.26. The summed E-state index contributed by atoms with van der Waals surface area (Å²) in [5.74, 6) is 0.809. The molecule has 138 valence electrons. The molecule has 2 fully saturated rings. The summed E-state index contributed by atoms with van der Waals surface area (Å²) >= 11 is 3.45. The third-order valence-corrected chi connectivity index (χ3v) is 5.91. The fourth-order valence-corrected chi connectivity index (χ4v) is 3.70. The SMILES string of the molecule is CC(C(=O)N1CCC(C(=O)Nc2ccccc2Br)CC1)C1CNC1.Cl. The Labute approximate surface area is 163 Å². The molecule has 2 N–H and O–H groups in total. The maximum Gasteiger partial charge on any atom is 0.227 e. The number of likely N-dealkylation sites (tertiary alicyclic amines) is 1. The van der Waals surface area contributed by atoms with Crippen LogP contribution in [0.3, 0.4) is 0 Å². The van der Waals surface area contributed by atoms with Crippen molar-refractivity contribution >= 4 is 45.8 Å². The molecule has 1 aromatic carbocycles. The van der Waals surface area contributed by atoms with E-state index in [1.165, 1.54) is 0 Å². The number of benzene rings is 1. The third kappa shape index (κ3) is 4.74. The number of carbonyl (C=O) groups is 2. The normalized spacial score (nSPS) is 19.5. The largest absolute Gasteiger partial charge is 0.342 e. The van der Waals surface area contributed by atoms with E-state index < -0.39 is 0 Å². The van der Waals surface area contributed by atoms with E-state index in [4.69, 9.17) is 0 Å². The van der Waals surface area contributed by atoms with Gasteiger partial charge in [-0.05, 0) is 59.9 Å². The van der Waals surface area contributed by atoms with Crippen LogP contribution >= 0.6 is 28.3 Å². The van der Waals surface area contributed by atoms with Gasteiger partial charge in [-0.1, -0.05) is 19.1 Å². The second-order valence-corrected chi connectivity index (χ2v) is 7.63. The zero-order valence-electron chi connectivity index (χ0n) is 14.3. The monoisotopic (exact) mass is 429 g/mol. The van der Waals surface area contributed by atoms with Crippen LogP contribution in [-0.4, -0.2) is 42.9 Å². The zero-order chi connectivity index (χ0) is 17.1. The number of halogens is 2. The van der Waals surface area contributed by atoms with Gasteiger partial charge in [0.05, 0.1) is 5.69 Å². The first kappa shape index (κ1) is 20.2. The molecule has 0 aromatic heterocycles. The summed E-state index contributed by atoms with van der Waals surface area (Å²) in [6, 6.07) is 7.61. The zero-order valence-corrected chi connectivity index (χ0v) is 16.7. The smallest absolute Gasteiger partial charge is 0.227 e. The number of para-hydroxylation sites is 1. The minimum Gasteiger partial charge on any atom is -0.342 e. The third-order valence-electron chi connectivity index (χ3n) is 5.22. The lowest BCUT2D eigenvalue weighted by Crippen LogP contribution is -2.52. The molecule has 7 heteroatoms. The summed E-state index contributed by atoms with van der Waals surface area (Å²) in [4.78, 5) is 26.9. The van der Waals surface area contributed by atoms with Crippen LogP contribution < -0.4 is 10.6 Å². The van der Waals surface area contributed by atoms with E-state index >= 15 is 0 Å². The summed E-state index contributed by atoms with van der Waals surface area (Å²) in [5, 5.41) is 6.21. The molecule has 0 aliphatic carbocycles.